The lowest BCUT2D eigenvalue weighted by atomic mass is 9.87. The summed E-state index contributed by atoms with van der Waals surface area (Å²) in [7, 11) is 1.72. The Labute approximate surface area is 132 Å². The van der Waals surface area contributed by atoms with Crippen LogP contribution in [0, 0.1) is 5.41 Å². The number of aromatic amines is 1. The molecule has 1 aliphatic heterocycles. The van der Waals surface area contributed by atoms with Gasteiger partial charge >= 0.3 is 0 Å². The molecule has 5 nitrogen and oxygen atoms in total. The molecule has 0 bridgehead atoms. The predicted molar refractivity (Wildman–Crippen MR) is 84.9 cm³/mol. The number of hydrogen-bond donors (Lipinski definition) is 1. The summed E-state index contributed by atoms with van der Waals surface area (Å²) < 4.78 is 5.29. The average Bonchev–Trinajstić information content (AvgIpc) is 3.15. The van der Waals surface area contributed by atoms with E-state index in [1.807, 2.05) is 11.0 Å². The number of H-pyrrole nitrogens is 1. The Morgan fingerprint density at radius 3 is 2.95 bits per heavy atom. The van der Waals surface area contributed by atoms with Gasteiger partial charge in [-0.05, 0) is 25.3 Å². The van der Waals surface area contributed by atoms with Crippen LogP contribution in [0.1, 0.15) is 67.5 Å². The molecule has 1 aliphatic carbocycles. The van der Waals surface area contributed by atoms with E-state index in [4.69, 9.17) is 4.74 Å². The van der Waals surface area contributed by atoms with E-state index in [-0.39, 0.29) is 11.3 Å². The summed E-state index contributed by atoms with van der Waals surface area (Å²) in [5.41, 5.74) is 1.79. The van der Waals surface area contributed by atoms with E-state index < -0.39 is 0 Å². The number of amides is 1. The number of nitrogens with zero attached hydrogens (tertiary/aromatic N) is 2. The summed E-state index contributed by atoms with van der Waals surface area (Å²) in [6.07, 6.45) is 7.33. The molecule has 122 valence electrons. The molecule has 0 spiro atoms. The van der Waals surface area contributed by atoms with Crippen LogP contribution in [0.25, 0.3) is 0 Å². The van der Waals surface area contributed by atoms with E-state index in [1.54, 1.807) is 7.11 Å². The molecule has 1 amide bonds. The maximum Gasteiger partial charge on any atom is 0.274 e. The molecular weight excluding hydrogens is 278 g/mol. The Morgan fingerprint density at radius 2 is 2.23 bits per heavy atom. The molecule has 1 unspecified atom stereocenters. The molecule has 1 saturated heterocycles. The second-order valence-corrected chi connectivity index (χ2v) is 7.26. The summed E-state index contributed by atoms with van der Waals surface area (Å²) >= 11 is 0. The van der Waals surface area contributed by atoms with Crippen molar-refractivity contribution in [3.63, 3.8) is 0 Å². The molecule has 5 heteroatoms. The third-order valence-corrected chi connectivity index (χ3v) is 5.20. The molecule has 1 aromatic rings. The molecule has 0 radical (unpaired) electrons. The van der Waals surface area contributed by atoms with Gasteiger partial charge in [-0.15, -0.1) is 0 Å². The largest absolute Gasteiger partial charge is 0.384 e. The second kappa shape index (κ2) is 6.41. The summed E-state index contributed by atoms with van der Waals surface area (Å²) in [4.78, 5) is 14.6. The highest BCUT2D eigenvalue weighted by molar-refractivity contribution is 5.92. The molecule has 1 saturated carbocycles. The number of methoxy groups -OCH3 is 1. The van der Waals surface area contributed by atoms with Crippen LogP contribution < -0.4 is 0 Å². The lowest BCUT2D eigenvalue weighted by Crippen LogP contribution is -2.33. The van der Waals surface area contributed by atoms with Gasteiger partial charge in [-0.2, -0.15) is 5.10 Å². The van der Waals surface area contributed by atoms with Crippen molar-refractivity contribution in [3.8, 4) is 0 Å². The SMILES string of the molecule is COCC1(C)CCN(C(=O)c2cc(C3CCCCC3)[nH]n2)C1. The van der Waals surface area contributed by atoms with Crippen molar-refractivity contribution >= 4 is 5.91 Å². The fourth-order valence-corrected chi connectivity index (χ4v) is 3.89. The van der Waals surface area contributed by atoms with Gasteiger partial charge in [0.1, 0.15) is 5.69 Å². The Hall–Kier alpha value is -1.36. The summed E-state index contributed by atoms with van der Waals surface area (Å²) in [6, 6.07) is 1.98. The third kappa shape index (κ3) is 3.19. The number of carbonyl (C=O) groups is 1. The van der Waals surface area contributed by atoms with Crippen LogP contribution in [-0.4, -0.2) is 47.8 Å². The second-order valence-electron chi connectivity index (χ2n) is 7.26. The van der Waals surface area contributed by atoms with Crippen LogP contribution in [0.2, 0.25) is 0 Å². The zero-order valence-corrected chi connectivity index (χ0v) is 13.7. The standard InChI is InChI=1S/C17H27N3O2/c1-17(12-22-2)8-9-20(11-17)16(21)15-10-14(18-19-15)13-6-4-3-5-7-13/h10,13H,3-9,11-12H2,1-2H3,(H,18,19). The van der Waals surface area contributed by atoms with E-state index in [2.05, 4.69) is 17.1 Å². The minimum Gasteiger partial charge on any atom is -0.384 e. The van der Waals surface area contributed by atoms with Crippen LogP contribution in [0.4, 0.5) is 0 Å². The van der Waals surface area contributed by atoms with Crippen LogP contribution in [0.15, 0.2) is 6.07 Å². The Balaban J connectivity index is 1.64. The van der Waals surface area contributed by atoms with Crippen LogP contribution >= 0.6 is 0 Å². The van der Waals surface area contributed by atoms with Crippen LogP contribution in [0.5, 0.6) is 0 Å². The lowest BCUT2D eigenvalue weighted by Gasteiger charge is -2.23. The third-order valence-electron chi connectivity index (χ3n) is 5.20. The number of ether oxygens (including phenoxy) is 1. The average molecular weight is 305 g/mol. The highest BCUT2D eigenvalue weighted by Gasteiger charge is 2.37. The normalized spacial score (nSPS) is 26.5. The first-order chi connectivity index (χ1) is 10.6. The van der Waals surface area contributed by atoms with E-state index >= 15 is 0 Å². The summed E-state index contributed by atoms with van der Waals surface area (Å²) in [5, 5.41) is 7.39. The van der Waals surface area contributed by atoms with Crippen LogP contribution in [0.3, 0.4) is 0 Å². The maximum absolute atomic E-state index is 12.6. The molecule has 1 aromatic heterocycles. The zero-order valence-electron chi connectivity index (χ0n) is 13.7. The molecule has 1 atom stereocenters. The van der Waals surface area contributed by atoms with Gasteiger partial charge in [0, 0.05) is 37.2 Å². The van der Waals surface area contributed by atoms with Gasteiger partial charge in [0.15, 0.2) is 0 Å². The Kier molecular flexibility index (Phi) is 4.52. The number of aromatic nitrogens is 2. The van der Waals surface area contributed by atoms with Crippen molar-refractivity contribution < 1.29 is 9.53 Å². The van der Waals surface area contributed by atoms with E-state index in [0.29, 0.717) is 18.2 Å². The zero-order chi connectivity index (χ0) is 15.6. The molecule has 22 heavy (non-hydrogen) atoms. The van der Waals surface area contributed by atoms with Crippen molar-refractivity contribution in [2.24, 2.45) is 5.41 Å². The highest BCUT2D eigenvalue weighted by Crippen LogP contribution is 2.33. The molecule has 3 rings (SSSR count). The molecule has 1 N–H and O–H groups in total. The number of rotatable bonds is 4. The van der Waals surface area contributed by atoms with E-state index in [9.17, 15) is 4.79 Å². The Bertz CT molecular complexity index is 522. The first-order valence-corrected chi connectivity index (χ1v) is 8.45. The number of hydrogen-bond acceptors (Lipinski definition) is 3. The van der Waals surface area contributed by atoms with Gasteiger partial charge in [0.05, 0.1) is 6.61 Å². The van der Waals surface area contributed by atoms with Gasteiger partial charge in [0.2, 0.25) is 0 Å². The van der Waals surface area contributed by atoms with Crippen molar-refractivity contribution in [3.05, 3.63) is 17.5 Å². The minimum atomic E-state index is 0.0538. The smallest absolute Gasteiger partial charge is 0.274 e. The molecule has 2 aliphatic rings. The van der Waals surface area contributed by atoms with Gasteiger partial charge in [-0.25, -0.2) is 0 Å². The summed E-state index contributed by atoms with van der Waals surface area (Å²) in [6.45, 7) is 4.43. The molecule has 2 fully saturated rings. The Morgan fingerprint density at radius 1 is 1.45 bits per heavy atom. The van der Waals surface area contributed by atoms with Crippen molar-refractivity contribution in [2.75, 3.05) is 26.8 Å². The summed E-state index contributed by atoms with van der Waals surface area (Å²) in [5.74, 6) is 0.610. The van der Waals surface area contributed by atoms with Gasteiger partial charge < -0.3 is 9.64 Å². The molecule has 0 aromatic carbocycles. The first-order valence-electron chi connectivity index (χ1n) is 8.45. The first kappa shape index (κ1) is 15.5. The number of likely N-dealkylation sites (tertiary alicyclic amines) is 1. The van der Waals surface area contributed by atoms with Crippen molar-refractivity contribution in [1.29, 1.82) is 0 Å². The molecular formula is C17H27N3O2. The molecule has 2 heterocycles. The number of nitrogens with one attached hydrogen (secondary N) is 1. The van der Waals surface area contributed by atoms with E-state index in [0.717, 1.165) is 25.2 Å². The monoisotopic (exact) mass is 305 g/mol. The van der Waals surface area contributed by atoms with Gasteiger partial charge in [-0.1, -0.05) is 26.2 Å². The van der Waals surface area contributed by atoms with Gasteiger partial charge in [0.25, 0.3) is 5.91 Å². The van der Waals surface area contributed by atoms with Crippen molar-refractivity contribution in [1.82, 2.24) is 15.1 Å². The topological polar surface area (TPSA) is 58.2 Å². The fraction of sp³-hybridized carbons (Fsp3) is 0.765. The van der Waals surface area contributed by atoms with E-state index in [1.165, 1.54) is 32.1 Å². The highest BCUT2D eigenvalue weighted by atomic mass is 16.5. The van der Waals surface area contributed by atoms with Crippen LogP contribution in [-0.2, 0) is 4.74 Å². The minimum absolute atomic E-state index is 0.0538. The quantitative estimate of drug-likeness (QED) is 0.930. The number of carbonyl (C=O) groups excluding carboxylic acids is 1. The van der Waals surface area contributed by atoms with Crippen molar-refractivity contribution in [2.45, 2.75) is 51.4 Å². The maximum atomic E-state index is 12.6. The van der Waals surface area contributed by atoms with Gasteiger partial charge in [-0.3, -0.25) is 9.89 Å². The lowest BCUT2D eigenvalue weighted by molar-refractivity contribution is 0.0705. The fourth-order valence-electron chi connectivity index (χ4n) is 3.89. The predicted octanol–water partition coefficient (Wildman–Crippen LogP) is 2.96.